The van der Waals surface area contributed by atoms with Gasteiger partial charge in [-0.05, 0) is 47.7 Å². The van der Waals surface area contributed by atoms with E-state index in [-0.39, 0.29) is 19.1 Å². The second-order valence-corrected chi connectivity index (χ2v) is 10.8. The lowest BCUT2D eigenvalue weighted by molar-refractivity contribution is -0.132. The Bertz CT molecular complexity index is 1410. The molecule has 4 aromatic rings. The average molecular weight is 575 g/mol. The Hall–Kier alpha value is -4.12. The minimum atomic E-state index is -1.25. The minimum absolute atomic E-state index is 0.0543. The lowest BCUT2D eigenvalue weighted by Crippen LogP contribution is -2.49. The predicted molar refractivity (Wildman–Crippen MR) is 157 cm³/mol. The van der Waals surface area contributed by atoms with Crippen LogP contribution in [0, 0.1) is 5.92 Å². The summed E-state index contributed by atoms with van der Waals surface area (Å²) in [5.41, 5.74) is 8.97. The maximum absolute atomic E-state index is 13.2. The molecule has 0 saturated heterocycles. The molecule has 0 fully saturated rings. The van der Waals surface area contributed by atoms with Gasteiger partial charge in [-0.1, -0.05) is 56.3 Å². The first kappa shape index (κ1) is 29.9. The summed E-state index contributed by atoms with van der Waals surface area (Å²) in [6.45, 7) is 3.86. The van der Waals surface area contributed by atoms with Crippen molar-refractivity contribution >= 4 is 23.3 Å². The first-order valence-electron chi connectivity index (χ1n) is 13.3. The number of amides is 2. The Kier molecular flexibility index (Phi) is 10.6. The molecule has 2 amide bonds. The Morgan fingerprint density at radius 3 is 2.39 bits per heavy atom. The number of carbonyl (C=O) groups is 2. The summed E-state index contributed by atoms with van der Waals surface area (Å²) >= 11 is 1.33. The molecule has 1 unspecified atom stereocenters. The molecular formula is C31H34N4O5S. The largest absolute Gasteiger partial charge is 0.488 e. The second kappa shape index (κ2) is 14.5. The number of pyridine rings is 1. The van der Waals surface area contributed by atoms with E-state index in [2.05, 4.69) is 9.97 Å². The number of aliphatic hydroxyl groups excluding tert-OH is 1. The van der Waals surface area contributed by atoms with Crippen LogP contribution in [0.2, 0.25) is 0 Å². The standard InChI is InChI=1S/C31H34N4O5S/c1-21(2)16-25(32)30(37)35(31(38)40-19-23-12-14-33-15-13-23)17-27(36)26-20-41-29(34-26)24-10-6-7-11-28(24)39-18-22-8-4-3-5-9-22/h3-15,20-21,25,27,36H,16-19,32H2,1-2H3/t25-,27?/m0/s1. The molecule has 41 heavy (non-hydrogen) atoms. The van der Waals surface area contributed by atoms with Crippen LogP contribution in [0.4, 0.5) is 4.79 Å². The lowest BCUT2D eigenvalue weighted by Gasteiger charge is -2.25. The van der Waals surface area contributed by atoms with E-state index in [9.17, 15) is 14.7 Å². The summed E-state index contributed by atoms with van der Waals surface area (Å²) in [6.07, 6.45) is 1.41. The number of thiazole rings is 1. The Morgan fingerprint density at radius 2 is 1.66 bits per heavy atom. The van der Waals surface area contributed by atoms with Crippen molar-refractivity contribution in [2.45, 2.75) is 45.6 Å². The van der Waals surface area contributed by atoms with Crippen LogP contribution in [0.15, 0.2) is 84.5 Å². The van der Waals surface area contributed by atoms with E-state index in [1.807, 2.05) is 68.4 Å². The van der Waals surface area contributed by atoms with Crippen molar-refractivity contribution in [3.05, 3.63) is 101 Å². The molecule has 9 nitrogen and oxygen atoms in total. The zero-order valence-corrected chi connectivity index (χ0v) is 23.9. The van der Waals surface area contributed by atoms with Gasteiger partial charge in [0.1, 0.15) is 30.1 Å². The van der Waals surface area contributed by atoms with Gasteiger partial charge < -0.3 is 20.3 Å². The van der Waals surface area contributed by atoms with Gasteiger partial charge in [0.15, 0.2) is 0 Å². The molecular weight excluding hydrogens is 540 g/mol. The number of aliphatic hydroxyl groups is 1. The third kappa shape index (κ3) is 8.43. The van der Waals surface area contributed by atoms with E-state index in [1.54, 1.807) is 29.9 Å². The van der Waals surface area contributed by atoms with Crippen LogP contribution in [0.25, 0.3) is 10.6 Å². The number of nitrogens with zero attached hydrogens (tertiary/aromatic N) is 3. The molecule has 2 aromatic heterocycles. The molecule has 2 atom stereocenters. The molecule has 2 heterocycles. The van der Waals surface area contributed by atoms with Crippen LogP contribution in [-0.2, 0) is 22.7 Å². The zero-order valence-electron chi connectivity index (χ0n) is 23.1. The summed E-state index contributed by atoms with van der Waals surface area (Å²) in [4.78, 5) is 35.7. The predicted octanol–water partition coefficient (Wildman–Crippen LogP) is 5.36. The van der Waals surface area contributed by atoms with Gasteiger partial charge >= 0.3 is 6.09 Å². The fraction of sp³-hybridized carbons (Fsp3) is 0.290. The highest BCUT2D eigenvalue weighted by atomic mass is 32.1. The number of benzene rings is 2. The van der Waals surface area contributed by atoms with Crippen LogP contribution in [0.5, 0.6) is 5.75 Å². The summed E-state index contributed by atoms with van der Waals surface area (Å²) in [7, 11) is 0. The van der Waals surface area contributed by atoms with E-state index in [1.165, 1.54) is 11.3 Å². The highest BCUT2D eigenvalue weighted by molar-refractivity contribution is 7.13. The van der Waals surface area contributed by atoms with Crippen molar-refractivity contribution in [1.82, 2.24) is 14.9 Å². The zero-order chi connectivity index (χ0) is 29.2. The number of imide groups is 1. The molecule has 0 aliphatic rings. The van der Waals surface area contributed by atoms with E-state index in [0.717, 1.165) is 16.0 Å². The number of carbonyl (C=O) groups excluding carboxylic acids is 2. The Labute approximate surface area is 243 Å². The van der Waals surface area contributed by atoms with Gasteiger partial charge in [0.05, 0.1) is 23.8 Å². The van der Waals surface area contributed by atoms with Gasteiger partial charge in [0.2, 0.25) is 5.91 Å². The highest BCUT2D eigenvalue weighted by Gasteiger charge is 2.31. The number of para-hydroxylation sites is 1. The minimum Gasteiger partial charge on any atom is -0.488 e. The average Bonchev–Trinajstić information content (AvgIpc) is 3.48. The topological polar surface area (TPSA) is 128 Å². The molecule has 4 rings (SSSR count). The van der Waals surface area contributed by atoms with Crippen molar-refractivity contribution in [1.29, 1.82) is 0 Å². The van der Waals surface area contributed by atoms with Crippen LogP contribution in [0.3, 0.4) is 0 Å². The summed E-state index contributed by atoms with van der Waals surface area (Å²) in [5.74, 6) is 0.175. The van der Waals surface area contributed by atoms with Crippen molar-refractivity contribution in [2.75, 3.05) is 6.54 Å². The number of hydrogen-bond donors (Lipinski definition) is 2. The second-order valence-electron chi connectivity index (χ2n) is 9.96. The molecule has 214 valence electrons. The van der Waals surface area contributed by atoms with Crippen molar-refractivity contribution in [3.63, 3.8) is 0 Å². The molecule has 0 radical (unpaired) electrons. The number of nitrogens with two attached hydrogens (primary N) is 1. The van der Waals surface area contributed by atoms with Crippen molar-refractivity contribution in [2.24, 2.45) is 11.7 Å². The molecule has 3 N–H and O–H groups in total. The Balaban J connectivity index is 1.49. The van der Waals surface area contributed by atoms with Gasteiger partial charge in [-0.15, -0.1) is 11.3 Å². The highest BCUT2D eigenvalue weighted by Crippen LogP contribution is 2.34. The Morgan fingerprint density at radius 1 is 0.976 bits per heavy atom. The van der Waals surface area contributed by atoms with Gasteiger partial charge in [0.25, 0.3) is 0 Å². The summed E-state index contributed by atoms with van der Waals surface area (Å²) < 4.78 is 11.5. The maximum Gasteiger partial charge on any atom is 0.417 e. The van der Waals surface area contributed by atoms with Gasteiger partial charge in [-0.3, -0.25) is 9.78 Å². The SMILES string of the molecule is CC(C)C[C@H](N)C(=O)N(CC(O)c1csc(-c2ccccc2OCc2ccccc2)n1)C(=O)OCc1ccncc1. The normalized spacial score (nSPS) is 12.5. The number of rotatable bonds is 12. The first-order chi connectivity index (χ1) is 19.8. The van der Waals surface area contributed by atoms with Crippen molar-refractivity contribution in [3.8, 4) is 16.3 Å². The lowest BCUT2D eigenvalue weighted by atomic mass is 10.0. The molecule has 2 aromatic carbocycles. The van der Waals surface area contributed by atoms with Crippen LogP contribution in [-0.4, -0.2) is 44.6 Å². The van der Waals surface area contributed by atoms with E-state index < -0.39 is 24.1 Å². The third-order valence-corrected chi connectivity index (χ3v) is 7.11. The third-order valence-electron chi connectivity index (χ3n) is 6.21. The van der Waals surface area contributed by atoms with E-state index in [4.69, 9.17) is 15.2 Å². The molecule has 10 heteroatoms. The quantitative estimate of drug-likeness (QED) is 0.232. The number of hydrogen-bond acceptors (Lipinski definition) is 9. The molecule has 0 bridgehead atoms. The monoisotopic (exact) mass is 574 g/mol. The summed E-state index contributed by atoms with van der Waals surface area (Å²) in [6, 6.07) is 19.9. The molecule has 0 aliphatic heterocycles. The maximum atomic E-state index is 13.2. The van der Waals surface area contributed by atoms with Gasteiger partial charge in [-0.25, -0.2) is 14.7 Å². The van der Waals surface area contributed by atoms with Crippen LogP contribution >= 0.6 is 11.3 Å². The molecule has 0 aliphatic carbocycles. The summed E-state index contributed by atoms with van der Waals surface area (Å²) in [5, 5.41) is 13.4. The van der Waals surface area contributed by atoms with Crippen molar-refractivity contribution < 1.29 is 24.2 Å². The smallest absolute Gasteiger partial charge is 0.417 e. The van der Waals surface area contributed by atoms with E-state index in [0.29, 0.717) is 35.0 Å². The fourth-order valence-electron chi connectivity index (χ4n) is 4.10. The number of ether oxygens (including phenoxy) is 2. The van der Waals surface area contributed by atoms with E-state index >= 15 is 0 Å². The van der Waals surface area contributed by atoms with Gasteiger partial charge in [0, 0.05) is 17.8 Å². The number of aromatic nitrogens is 2. The van der Waals surface area contributed by atoms with Gasteiger partial charge in [-0.2, -0.15) is 0 Å². The fourth-order valence-corrected chi connectivity index (χ4v) is 5.00. The molecule has 0 saturated carbocycles. The molecule has 0 spiro atoms. The van der Waals surface area contributed by atoms with Crippen LogP contribution < -0.4 is 10.5 Å². The first-order valence-corrected chi connectivity index (χ1v) is 14.2. The van der Waals surface area contributed by atoms with Crippen LogP contribution in [0.1, 0.15) is 43.2 Å².